The third-order valence-corrected chi connectivity index (χ3v) is 2.55. The van der Waals surface area contributed by atoms with E-state index in [4.69, 9.17) is 5.73 Å². The number of hydrogen-bond donors (Lipinski definition) is 1. The number of aryl methyl sites for hydroxylation is 1. The molecule has 0 aliphatic rings. The summed E-state index contributed by atoms with van der Waals surface area (Å²) in [6, 6.07) is 0. The number of nitrogens with two attached hydrogens (primary N) is 1. The molecule has 0 aliphatic heterocycles. The smallest absolute Gasteiger partial charge is 0.188 e. The normalized spacial score (nSPS) is 10.0. The van der Waals surface area contributed by atoms with Crippen LogP contribution in [0.15, 0.2) is 0 Å². The van der Waals surface area contributed by atoms with Gasteiger partial charge in [0.05, 0.1) is 17.1 Å². The summed E-state index contributed by atoms with van der Waals surface area (Å²) in [5.74, 6) is 0.0803. The van der Waals surface area contributed by atoms with Crippen LogP contribution in [0.25, 0.3) is 0 Å². The van der Waals surface area contributed by atoms with E-state index in [1.807, 2.05) is 19.0 Å². The molecule has 0 amide bonds. The van der Waals surface area contributed by atoms with Crippen LogP contribution in [0, 0.1) is 6.92 Å². The van der Waals surface area contributed by atoms with Gasteiger partial charge in [0.2, 0.25) is 0 Å². The first-order valence-corrected chi connectivity index (χ1v) is 4.73. The fourth-order valence-electron chi connectivity index (χ4n) is 1.04. The average molecular weight is 236 g/mol. The van der Waals surface area contributed by atoms with Crippen molar-refractivity contribution in [3.05, 3.63) is 10.6 Å². The van der Waals surface area contributed by atoms with Crippen molar-refractivity contribution < 1.29 is 4.79 Å². The lowest BCUT2D eigenvalue weighted by molar-refractivity contribution is 0.0961. The number of ketones is 1. The van der Waals surface area contributed by atoms with Crippen molar-refractivity contribution in [3.8, 4) is 0 Å². The highest BCUT2D eigenvalue weighted by molar-refractivity contribution is 7.17. The summed E-state index contributed by atoms with van der Waals surface area (Å²) < 4.78 is 0. The Morgan fingerprint density at radius 3 is 2.50 bits per heavy atom. The molecule has 4 nitrogen and oxygen atoms in total. The second-order valence-electron chi connectivity index (χ2n) is 3.13. The number of thiazole rings is 1. The molecule has 0 saturated heterocycles. The van der Waals surface area contributed by atoms with Crippen LogP contribution in [0.5, 0.6) is 0 Å². The zero-order valence-corrected chi connectivity index (χ0v) is 10.0. The van der Waals surface area contributed by atoms with E-state index in [-0.39, 0.29) is 18.2 Å². The molecule has 80 valence electrons. The zero-order chi connectivity index (χ0) is 10.0. The van der Waals surface area contributed by atoms with Crippen LogP contribution in [-0.4, -0.2) is 36.3 Å². The highest BCUT2D eigenvalue weighted by Gasteiger charge is 2.14. The van der Waals surface area contributed by atoms with Gasteiger partial charge in [-0.15, -0.1) is 12.4 Å². The first-order valence-electron chi connectivity index (χ1n) is 3.91. The Hall–Kier alpha value is -0.650. The van der Waals surface area contributed by atoms with Gasteiger partial charge in [-0.05, 0) is 21.0 Å². The van der Waals surface area contributed by atoms with Crippen LogP contribution in [0.2, 0.25) is 0 Å². The van der Waals surface area contributed by atoms with E-state index >= 15 is 0 Å². The highest BCUT2D eigenvalue weighted by atomic mass is 35.5. The second kappa shape index (κ2) is 5.29. The Balaban J connectivity index is 0.00000169. The van der Waals surface area contributed by atoms with Gasteiger partial charge < -0.3 is 10.6 Å². The molecule has 0 spiro atoms. The molecule has 0 radical (unpaired) electrons. The van der Waals surface area contributed by atoms with E-state index in [9.17, 15) is 4.79 Å². The maximum atomic E-state index is 11.6. The van der Waals surface area contributed by atoms with E-state index < -0.39 is 0 Å². The summed E-state index contributed by atoms with van der Waals surface area (Å²) in [4.78, 5) is 18.1. The van der Waals surface area contributed by atoms with Gasteiger partial charge in [-0.1, -0.05) is 11.3 Å². The topological polar surface area (TPSA) is 59.2 Å². The molecule has 0 fully saturated rings. The number of anilines is 1. The van der Waals surface area contributed by atoms with Crippen molar-refractivity contribution in [1.29, 1.82) is 0 Å². The lowest BCUT2D eigenvalue weighted by atomic mass is 10.3. The molecule has 0 atom stereocenters. The maximum Gasteiger partial charge on any atom is 0.188 e. The fourth-order valence-corrected chi connectivity index (χ4v) is 1.80. The molecule has 0 aromatic carbocycles. The molecule has 1 heterocycles. The third-order valence-electron chi connectivity index (χ3n) is 1.53. The molecule has 0 bridgehead atoms. The number of carbonyl (C=O) groups is 1. The quantitative estimate of drug-likeness (QED) is 0.800. The molecule has 1 aromatic heterocycles. The fraction of sp³-hybridized carbons (Fsp3) is 0.500. The van der Waals surface area contributed by atoms with Crippen LogP contribution in [-0.2, 0) is 0 Å². The van der Waals surface area contributed by atoms with Crippen molar-refractivity contribution in [2.75, 3.05) is 26.4 Å². The van der Waals surface area contributed by atoms with Gasteiger partial charge >= 0.3 is 0 Å². The van der Waals surface area contributed by atoms with Crippen LogP contribution < -0.4 is 5.73 Å². The van der Waals surface area contributed by atoms with Crippen LogP contribution in [0.1, 0.15) is 15.4 Å². The largest absolute Gasteiger partial charge is 0.375 e. The molecular formula is C8H14ClN3OS. The monoisotopic (exact) mass is 235 g/mol. The first kappa shape index (κ1) is 13.4. The van der Waals surface area contributed by atoms with Crippen LogP contribution in [0.4, 0.5) is 5.13 Å². The number of nitrogens with zero attached hydrogens (tertiary/aromatic N) is 2. The van der Waals surface area contributed by atoms with Gasteiger partial charge in [-0.2, -0.15) is 0 Å². The van der Waals surface area contributed by atoms with E-state index in [1.165, 1.54) is 11.3 Å². The Morgan fingerprint density at radius 2 is 2.14 bits per heavy atom. The summed E-state index contributed by atoms with van der Waals surface area (Å²) in [7, 11) is 3.72. The van der Waals surface area contributed by atoms with E-state index in [2.05, 4.69) is 4.98 Å². The second-order valence-corrected chi connectivity index (χ2v) is 4.16. The number of hydrogen-bond acceptors (Lipinski definition) is 5. The predicted molar refractivity (Wildman–Crippen MR) is 61.4 cm³/mol. The molecule has 0 saturated carbocycles. The summed E-state index contributed by atoms with van der Waals surface area (Å²) in [5, 5.41) is 0.458. The minimum absolute atomic E-state index is 0. The van der Waals surface area contributed by atoms with Gasteiger partial charge in [0.25, 0.3) is 0 Å². The molecule has 6 heteroatoms. The van der Waals surface area contributed by atoms with Crippen LogP contribution in [0.3, 0.4) is 0 Å². The summed E-state index contributed by atoms with van der Waals surface area (Å²) in [6.07, 6.45) is 0. The minimum atomic E-state index is 0. The Morgan fingerprint density at radius 1 is 1.57 bits per heavy atom. The number of halogens is 1. The summed E-state index contributed by atoms with van der Waals surface area (Å²) >= 11 is 1.25. The molecule has 2 N–H and O–H groups in total. The van der Waals surface area contributed by atoms with E-state index in [0.29, 0.717) is 16.6 Å². The van der Waals surface area contributed by atoms with Crippen molar-refractivity contribution in [2.45, 2.75) is 6.92 Å². The number of aromatic nitrogens is 1. The Bertz CT molecular complexity index is 324. The molecular weight excluding hydrogens is 222 g/mol. The van der Waals surface area contributed by atoms with Crippen molar-refractivity contribution >= 4 is 34.7 Å². The van der Waals surface area contributed by atoms with Gasteiger partial charge in [0, 0.05) is 0 Å². The van der Waals surface area contributed by atoms with Gasteiger partial charge in [0.15, 0.2) is 10.9 Å². The van der Waals surface area contributed by atoms with Crippen molar-refractivity contribution in [1.82, 2.24) is 9.88 Å². The number of Topliss-reactive ketones (excluding diaryl/α,β-unsaturated/α-hetero) is 1. The molecule has 1 rings (SSSR count). The van der Waals surface area contributed by atoms with Crippen molar-refractivity contribution in [2.24, 2.45) is 0 Å². The van der Waals surface area contributed by atoms with Gasteiger partial charge in [-0.3, -0.25) is 4.79 Å². The first-order chi connectivity index (χ1) is 6.00. The van der Waals surface area contributed by atoms with Crippen molar-refractivity contribution in [3.63, 3.8) is 0 Å². The SMILES string of the molecule is Cc1nc(N)sc1C(=O)CN(C)C.Cl. The average Bonchev–Trinajstić information content (AvgIpc) is 2.28. The molecule has 14 heavy (non-hydrogen) atoms. The summed E-state index contributed by atoms with van der Waals surface area (Å²) in [5.41, 5.74) is 6.22. The number of nitrogen functional groups attached to an aromatic ring is 1. The number of likely N-dealkylation sites (N-methyl/N-ethyl adjacent to an activating group) is 1. The minimum Gasteiger partial charge on any atom is -0.375 e. The number of carbonyl (C=O) groups excluding carboxylic acids is 1. The summed E-state index contributed by atoms with van der Waals surface area (Å²) in [6.45, 7) is 2.21. The van der Waals surface area contributed by atoms with E-state index in [1.54, 1.807) is 6.92 Å². The molecule has 0 unspecified atom stereocenters. The van der Waals surface area contributed by atoms with Crippen LogP contribution >= 0.6 is 23.7 Å². The Labute approximate surface area is 93.5 Å². The number of rotatable bonds is 3. The van der Waals surface area contributed by atoms with E-state index in [0.717, 1.165) is 5.69 Å². The zero-order valence-electron chi connectivity index (χ0n) is 8.40. The molecule has 0 aliphatic carbocycles. The lowest BCUT2D eigenvalue weighted by Crippen LogP contribution is -2.21. The molecule has 1 aromatic rings. The van der Waals surface area contributed by atoms with Gasteiger partial charge in [-0.25, -0.2) is 4.98 Å². The van der Waals surface area contributed by atoms with Gasteiger partial charge in [0.1, 0.15) is 0 Å². The third kappa shape index (κ3) is 3.25. The standard InChI is InChI=1S/C8H13N3OS.ClH/c1-5-7(13-8(9)10-5)6(12)4-11(2)3;/h4H2,1-3H3,(H2,9,10);1H. The Kier molecular flexibility index (Phi) is 5.04. The maximum absolute atomic E-state index is 11.6. The lowest BCUT2D eigenvalue weighted by Gasteiger charge is -2.06. The predicted octanol–water partition coefficient (Wildman–Crippen LogP) is 1.20. The highest BCUT2D eigenvalue weighted by Crippen LogP contribution is 2.19.